The molecule has 4 N–H and O–H groups in total. The number of nitrogens with zero attached hydrogens (tertiary/aromatic N) is 3. The Morgan fingerprint density at radius 1 is 1.19 bits per heavy atom. The van der Waals surface area contributed by atoms with Crippen molar-refractivity contribution in [2.75, 3.05) is 10.7 Å². The van der Waals surface area contributed by atoms with Gasteiger partial charge in [-0.25, -0.2) is 10.2 Å². The highest BCUT2D eigenvalue weighted by Gasteiger charge is 2.10. The van der Waals surface area contributed by atoms with E-state index in [0.29, 0.717) is 5.69 Å². The quantitative estimate of drug-likeness (QED) is 0.573. The number of aromatic nitrogens is 3. The zero-order valence-electron chi connectivity index (χ0n) is 12.0. The van der Waals surface area contributed by atoms with E-state index in [1.54, 1.807) is 13.0 Å². The van der Waals surface area contributed by atoms with Gasteiger partial charge in [0.1, 0.15) is 5.82 Å². The highest BCUT2D eigenvalue weighted by atomic mass is 19.1. The number of halogens is 1. The smallest absolute Gasteiger partial charge is 0.323 e. The predicted octanol–water partition coefficient (Wildman–Crippen LogP) is 2.14. The molecular formula is C13H17FN6O. The molecule has 0 fully saturated rings. The summed E-state index contributed by atoms with van der Waals surface area (Å²) in [6.07, 6.45) is -0.0848. The summed E-state index contributed by atoms with van der Waals surface area (Å²) >= 11 is 0. The Morgan fingerprint density at radius 2 is 1.90 bits per heavy atom. The predicted molar refractivity (Wildman–Crippen MR) is 77.8 cm³/mol. The summed E-state index contributed by atoms with van der Waals surface area (Å²) in [6, 6.07) is 4.52. The Kier molecular flexibility index (Phi) is 4.49. The van der Waals surface area contributed by atoms with Crippen molar-refractivity contribution in [1.29, 1.82) is 0 Å². The van der Waals surface area contributed by atoms with Gasteiger partial charge in [-0.2, -0.15) is 15.0 Å². The maximum atomic E-state index is 13.1. The number of nitrogen functional groups attached to an aromatic ring is 1. The minimum absolute atomic E-state index is 0.0848. The minimum Gasteiger partial charge on any atom is -0.461 e. The molecule has 1 aromatic heterocycles. The van der Waals surface area contributed by atoms with E-state index in [1.165, 1.54) is 12.1 Å². The first-order chi connectivity index (χ1) is 9.97. The van der Waals surface area contributed by atoms with Gasteiger partial charge in [0.2, 0.25) is 11.9 Å². The molecule has 0 aliphatic carbocycles. The van der Waals surface area contributed by atoms with E-state index in [4.69, 9.17) is 10.6 Å². The number of anilines is 3. The van der Waals surface area contributed by atoms with E-state index >= 15 is 0 Å². The lowest BCUT2D eigenvalue weighted by Crippen LogP contribution is -2.15. The molecule has 7 nitrogen and oxygen atoms in total. The summed E-state index contributed by atoms with van der Waals surface area (Å²) in [5.74, 6) is 5.44. The normalized spacial score (nSPS) is 10.6. The Bertz CT molecular complexity index is 634. The molecule has 1 aromatic carbocycles. The lowest BCUT2D eigenvalue weighted by molar-refractivity contribution is 0.222. The van der Waals surface area contributed by atoms with Crippen LogP contribution in [0.1, 0.15) is 19.4 Å². The van der Waals surface area contributed by atoms with Crippen LogP contribution in [0.25, 0.3) is 0 Å². The molecule has 0 bridgehead atoms. The number of ether oxygens (including phenoxy) is 1. The van der Waals surface area contributed by atoms with Gasteiger partial charge < -0.3 is 10.1 Å². The monoisotopic (exact) mass is 292 g/mol. The Hall–Kier alpha value is -2.48. The van der Waals surface area contributed by atoms with Crippen LogP contribution in [0.5, 0.6) is 6.01 Å². The number of hydrazine groups is 1. The number of benzene rings is 1. The van der Waals surface area contributed by atoms with Gasteiger partial charge in [0, 0.05) is 5.69 Å². The van der Waals surface area contributed by atoms with Crippen LogP contribution in [-0.4, -0.2) is 21.1 Å². The van der Waals surface area contributed by atoms with Crippen molar-refractivity contribution in [3.63, 3.8) is 0 Å². The van der Waals surface area contributed by atoms with E-state index in [0.717, 1.165) is 5.56 Å². The fourth-order valence-corrected chi connectivity index (χ4v) is 1.63. The Balaban J connectivity index is 2.29. The van der Waals surface area contributed by atoms with Crippen molar-refractivity contribution in [1.82, 2.24) is 15.0 Å². The third kappa shape index (κ3) is 3.99. The molecule has 0 saturated carbocycles. The summed E-state index contributed by atoms with van der Waals surface area (Å²) in [6.45, 7) is 5.49. The number of nitrogens with two attached hydrogens (primary N) is 1. The van der Waals surface area contributed by atoms with Gasteiger partial charge in [0.15, 0.2) is 0 Å². The van der Waals surface area contributed by atoms with Gasteiger partial charge >= 0.3 is 6.01 Å². The Morgan fingerprint density at radius 3 is 2.52 bits per heavy atom. The van der Waals surface area contributed by atoms with Crippen molar-refractivity contribution in [3.05, 3.63) is 29.6 Å². The van der Waals surface area contributed by atoms with Gasteiger partial charge in [-0.3, -0.25) is 5.43 Å². The first-order valence-electron chi connectivity index (χ1n) is 6.40. The van der Waals surface area contributed by atoms with Crippen LogP contribution < -0.4 is 21.3 Å². The summed E-state index contributed by atoms with van der Waals surface area (Å²) in [5.41, 5.74) is 3.76. The largest absolute Gasteiger partial charge is 0.461 e. The van der Waals surface area contributed by atoms with Gasteiger partial charge in [-0.05, 0) is 44.5 Å². The Labute approximate surface area is 121 Å². The lowest BCUT2D eigenvalue weighted by atomic mass is 10.2. The third-order valence-electron chi connectivity index (χ3n) is 2.52. The maximum absolute atomic E-state index is 13.1. The molecule has 0 radical (unpaired) electrons. The maximum Gasteiger partial charge on any atom is 0.323 e. The van der Waals surface area contributed by atoms with Crippen molar-refractivity contribution < 1.29 is 9.13 Å². The number of nitrogens with one attached hydrogen (secondary N) is 2. The number of rotatable bonds is 5. The summed E-state index contributed by atoms with van der Waals surface area (Å²) < 4.78 is 18.5. The average Bonchev–Trinajstić information content (AvgIpc) is 2.41. The van der Waals surface area contributed by atoms with Crippen molar-refractivity contribution in [2.24, 2.45) is 5.84 Å². The minimum atomic E-state index is -0.304. The summed E-state index contributed by atoms with van der Waals surface area (Å²) in [7, 11) is 0. The van der Waals surface area contributed by atoms with Crippen LogP contribution in [0, 0.1) is 12.7 Å². The van der Waals surface area contributed by atoms with Gasteiger partial charge in [0.05, 0.1) is 6.10 Å². The van der Waals surface area contributed by atoms with Crippen molar-refractivity contribution >= 4 is 17.6 Å². The summed E-state index contributed by atoms with van der Waals surface area (Å²) in [5, 5.41) is 2.98. The van der Waals surface area contributed by atoms with Gasteiger partial charge in [-0.1, -0.05) is 0 Å². The fourth-order valence-electron chi connectivity index (χ4n) is 1.63. The molecule has 0 amide bonds. The van der Waals surface area contributed by atoms with Crippen molar-refractivity contribution in [3.8, 4) is 6.01 Å². The molecule has 0 spiro atoms. The molecule has 0 saturated heterocycles. The van der Waals surface area contributed by atoms with E-state index in [9.17, 15) is 4.39 Å². The highest BCUT2D eigenvalue weighted by Crippen LogP contribution is 2.21. The lowest BCUT2D eigenvalue weighted by Gasteiger charge is -2.12. The first-order valence-corrected chi connectivity index (χ1v) is 6.40. The standard InChI is InChI=1S/C13H17FN6O/c1-7(2)21-13-18-11(17-12(19-13)20-15)16-10-5-4-9(14)6-8(10)3/h4-7H,15H2,1-3H3,(H2,16,17,18,19,20). The summed E-state index contributed by atoms with van der Waals surface area (Å²) in [4.78, 5) is 12.2. The molecule has 0 unspecified atom stereocenters. The first kappa shape index (κ1) is 14.9. The van der Waals surface area contributed by atoms with Crippen LogP contribution >= 0.6 is 0 Å². The molecule has 21 heavy (non-hydrogen) atoms. The zero-order chi connectivity index (χ0) is 15.4. The molecule has 112 valence electrons. The molecule has 1 heterocycles. The highest BCUT2D eigenvalue weighted by molar-refractivity contribution is 5.58. The van der Waals surface area contributed by atoms with Crippen LogP contribution in [0.2, 0.25) is 0 Å². The average molecular weight is 292 g/mol. The van der Waals surface area contributed by atoms with E-state index in [1.807, 2.05) is 13.8 Å². The second-order valence-corrected chi connectivity index (χ2v) is 4.66. The van der Waals surface area contributed by atoms with Gasteiger partial charge in [-0.15, -0.1) is 0 Å². The number of hydrogen-bond acceptors (Lipinski definition) is 7. The van der Waals surface area contributed by atoms with Crippen LogP contribution in [-0.2, 0) is 0 Å². The molecule has 2 aromatic rings. The topological polar surface area (TPSA) is 98.0 Å². The SMILES string of the molecule is Cc1cc(F)ccc1Nc1nc(NN)nc(OC(C)C)n1. The van der Waals surface area contributed by atoms with E-state index in [2.05, 4.69) is 25.7 Å². The molecule has 8 heteroatoms. The van der Waals surface area contributed by atoms with Crippen LogP contribution in [0.3, 0.4) is 0 Å². The van der Waals surface area contributed by atoms with Crippen LogP contribution in [0.15, 0.2) is 18.2 Å². The molecule has 0 aliphatic rings. The molecule has 2 rings (SSSR count). The number of hydrogen-bond donors (Lipinski definition) is 3. The molecular weight excluding hydrogens is 275 g/mol. The van der Waals surface area contributed by atoms with E-state index in [-0.39, 0.29) is 29.8 Å². The zero-order valence-corrected chi connectivity index (χ0v) is 12.0. The van der Waals surface area contributed by atoms with Crippen molar-refractivity contribution in [2.45, 2.75) is 26.9 Å². The van der Waals surface area contributed by atoms with Crippen LogP contribution in [0.4, 0.5) is 22.0 Å². The fraction of sp³-hybridized carbons (Fsp3) is 0.308. The molecule has 0 atom stereocenters. The van der Waals surface area contributed by atoms with E-state index < -0.39 is 0 Å². The molecule has 0 aliphatic heterocycles. The number of aryl methyl sites for hydroxylation is 1. The third-order valence-corrected chi connectivity index (χ3v) is 2.52. The second kappa shape index (κ2) is 6.31. The van der Waals surface area contributed by atoms with Gasteiger partial charge in [0.25, 0.3) is 0 Å². The second-order valence-electron chi connectivity index (χ2n) is 4.66.